The van der Waals surface area contributed by atoms with E-state index in [-0.39, 0.29) is 11.7 Å². The van der Waals surface area contributed by atoms with E-state index in [2.05, 4.69) is 10.0 Å². The lowest BCUT2D eigenvalue weighted by molar-refractivity contribution is -0.122. The quantitative estimate of drug-likeness (QED) is 0.870. The van der Waals surface area contributed by atoms with Crippen LogP contribution in [0.3, 0.4) is 0 Å². The van der Waals surface area contributed by atoms with Crippen LogP contribution in [0.15, 0.2) is 18.2 Å². The smallest absolute Gasteiger partial charge is 0.265 e. The summed E-state index contributed by atoms with van der Waals surface area (Å²) >= 11 is 0. The van der Waals surface area contributed by atoms with Crippen molar-refractivity contribution in [2.45, 2.75) is 32.8 Å². The number of benzene rings is 1. The van der Waals surface area contributed by atoms with Crippen LogP contribution in [0.2, 0.25) is 0 Å². The number of nitrogens with one attached hydrogen (secondary N) is 2. The Labute approximate surface area is 118 Å². The summed E-state index contributed by atoms with van der Waals surface area (Å²) in [7, 11) is -3.35. The van der Waals surface area contributed by atoms with Gasteiger partial charge in [0.1, 0.15) is 5.75 Å². The maximum atomic E-state index is 11.8. The van der Waals surface area contributed by atoms with E-state index in [1.165, 1.54) is 0 Å². The zero-order valence-electron chi connectivity index (χ0n) is 11.5. The molecule has 1 aliphatic rings. The molecular weight excluding hydrogens is 280 g/mol. The van der Waals surface area contributed by atoms with Crippen molar-refractivity contribution in [3.8, 4) is 5.75 Å². The zero-order chi connectivity index (χ0) is 14.8. The molecule has 0 aromatic heterocycles. The van der Waals surface area contributed by atoms with Gasteiger partial charge in [0.15, 0.2) is 6.10 Å². The predicted molar refractivity (Wildman–Crippen MR) is 77.5 cm³/mol. The number of hydrogen-bond donors (Lipinski definition) is 2. The van der Waals surface area contributed by atoms with Gasteiger partial charge < -0.3 is 10.1 Å². The van der Waals surface area contributed by atoms with Crippen molar-refractivity contribution in [2.75, 3.05) is 15.8 Å². The van der Waals surface area contributed by atoms with Gasteiger partial charge >= 0.3 is 0 Å². The molecule has 1 aromatic carbocycles. The van der Waals surface area contributed by atoms with Crippen molar-refractivity contribution in [3.63, 3.8) is 0 Å². The zero-order valence-corrected chi connectivity index (χ0v) is 12.3. The number of fused-ring (bicyclic) bond motifs is 1. The van der Waals surface area contributed by atoms with Gasteiger partial charge in [-0.15, -0.1) is 0 Å². The number of hydrogen-bond acceptors (Lipinski definition) is 4. The van der Waals surface area contributed by atoms with E-state index in [0.717, 1.165) is 6.42 Å². The fourth-order valence-electron chi connectivity index (χ4n) is 1.84. The molecule has 1 atom stereocenters. The summed E-state index contributed by atoms with van der Waals surface area (Å²) in [6.07, 6.45) is 0.874. The Bertz CT molecular complexity index is 613. The molecule has 1 aliphatic heterocycles. The minimum absolute atomic E-state index is 0.0838. The molecule has 2 rings (SSSR count). The monoisotopic (exact) mass is 298 g/mol. The Morgan fingerprint density at radius 3 is 2.85 bits per heavy atom. The Morgan fingerprint density at radius 2 is 2.15 bits per heavy atom. The number of amides is 1. The molecule has 0 aliphatic carbocycles. The molecule has 2 N–H and O–H groups in total. The fourth-order valence-corrected chi connectivity index (χ4v) is 3.09. The molecule has 0 bridgehead atoms. The average Bonchev–Trinajstić information content (AvgIpc) is 2.38. The van der Waals surface area contributed by atoms with Crippen molar-refractivity contribution in [1.29, 1.82) is 0 Å². The summed E-state index contributed by atoms with van der Waals surface area (Å²) in [5.74, 6) is 0.373. The molecule has 0 radical (unpaired) electrons. The molecule has 0 saturated heterocycles. The van der Waals surface area contributed by atoms with E-state index in [1.54, 1.807) is 25.1 Å². The van der Waals surface area contributed by atoms with Gasteiger partial charge in [-0.05, 0) is 31.5 Å². The maximum Gasteiger partial charge on any atom is 0.265 e. The third-order valence-corrected chi connectivity index (χ3v) is 4.32. The molecular formula is C13H18N2O4S. The topological polar surface area (TPSA) is 84.5 Å². The molecule has 1 heterocycles. The van der Waals surface area contributed by atoms with Crippen LogP contribution < -0.4 is 14.8 Å². The van der Waals surface area contributed by atoms with Crippen LogP contribution in [0.1, 0.15) is 26.7 Å². The van der Waals surface area contributed by atoms with Crippen molar-refractivity contribution in [2.24, 2.45) is 0 Å². The number of unbranched alkanes of at least 4 members (excludes halogenated alkanes) is 1. The third kappa shape index (κ3) is 3.41. The highest BCUT2D eigenvalue weighted by Crippen LogP contribution is 2.32. The number of ether oxygens (including phenoxy) is 1. The minimum atomic E-state index is -3.35. The number of carbonyl (C=O) groups is 1. The second-order valence-electron chi connectivity index (χ2n) is 4.73. The average molecular weight is 298 g/mol. The van der Waals surface area contributed by atoms with E-state index >= 15 is 0 Å². The van der Waals surface area contributed by atoms with Crippen LogP contribution in [-0.4, -0.2) is 26.2 Å². The van der Waals surface area contributed by atoms with Crippen molar-refractivity contribution in [1.82, 2.24) is 0 Å². The molecule has 110 valence electrons. The molecule has 6 nitrogen and oxygen atoms in total. The molecule has 1 amide bonds. The first kappa shape index (κ1) is 14.6. The maximum absolute atomic E-state index is 11.8. The van der Waals surface area contributed by atoms with Gasteiger partial charge in [-0.3, -0.25) is 9.52 Å². The largest absolute Gasteiger partial charge is 0.479 e. The Balaban J connectivity index is 2.16. The summed E-state index contributed by atoms with van der Waals surface area (Å²) in [4.78, 5) is 11.5. The van der Waals surface area contributed by atoms with Gasteiger partial charge in [0.2, 0.25) is 10.0 Å². The van der Waals surface area contributed by atoms with Gasteiger partial charge in [-0.25, -0.2) is 8.42 Å². The first-order valence-corrected chi connectivity index (χ1v) is 8.18. The minimum Gasteiger partial charge on any atom is -0.479 e. The van der Waals surface area contributed by atoms with Crippen LogP contribution in [0.5, 0.6) is 5.75 Å². The number of anilines is 2. The van der Waals surface area contributed by atoms with Crippen LogP contribution in [0.4, 0.5) is 11.4 Å². The van der Waals surface area contributed by atoms with E-state index < -0.39 is 16.1 Å². The lowest BCUT2D eigenvalue weighted by atomic mass is 10.2. The Kier molecular flexibility index (Phi) is 4.17. The SMILES string of the molecule is CCCCS(=O)(=O)Nc1ccc2c(c1)NC(=O)C(C)O2. The first-order chi connectivity index (χ1) is 9.41. The summed E-state index contributed by atoms with van der Waals surface area (Å²) < 4.78 is 31.5. The summed E-state index contributed by atoms with van der Waals surface area (Å²) in [5.41, 5.74) is 0.891. The van der Waals surface area contributed by atoms with Gasteiger partial charge in [-0.2, -0.15) is 0 Å². The first-order valence-electron chi connectivity index (χ1n) is 6.53. The lowest BCUT2D eigenvalue weighted by Crippen LogP contribution is -2.34. The normalized spacial score (nSPS) is 17.9. The molecule has 1 unspecified atom stereocenters. The highest BCUT2D eigenvalue weighted by molar-refractivity contribution is 7.92. The van der Waals surface area contributed by atoms with Gasteiger partial charge in [-0.1, -0.05) is 13.3 Å². The molecule has 7 heteroatoms. The molecule has 0 spiro atoms. The summed E-state index contributed by atoms with van der Waals surface area (Å²) in [6, 6.07) is 4.82. The Hall–Kier alpha value is -1.76. The van der Waals surface area contributed by atoms with Crippen LogP contribution in [0, 0.1) is 0 Å². The molecule has 0 fully saturated rings. The highest BCUT2D eigenvalue weighted by atomic mass is 32.2. The summed E-state index contributed by atoms with van der Waals surface area (Å²) in [5, 5.41) is 2.68. The highest BCUT2D eigenvalue weighted by Gasteiger charge is 2.23. The molecule has 20 heavy (non-hydrogen) atoms. The van der Waals surface area contributed by atoms with E-state index in [9.17, 15) is 13.2 Å². The van der Waals surface area contributed by atoms with Gasteiger partial charge in [0, 0.05) is 0 Å². The van der Waals surface area contributed by atoms with E-state index in [1.807, 2.05) is 6.92 Å². The number of rotatable bonds is 5. The standard InChI is InChI=1S/C13H18N2O4S/c1-3-4-7-20(17,18)15-10-5-6-12-11(8-10)14-13(16)9(2)19-12/h5-6,8-9,15H,3-4,7H2,1-2H3,(H,14,16). The predicted octanol–water partition coefficient (Wildman–Crippen LogP) is 1.95. The second-order valence-corrected chi connectivity index (χ2v) is 6.58. The lowest BCUT2D eigenvalue weighted by Gasteiger charge is -2.23. The van der Waals surface area contributed by atoms with Crippen molar-refractivity contribution >= 4 is 27.3 Å². The van der Waals surface area contributed by atoms with Gasteiger partial charge in [0.05, 0.1) is 17.1 Å². The number of carbonyl (C=O) groups excluding carboxylic acids is 1. The number of sulfonamides is 1. The van der Waals surface area contributed by atoms with Crippen LogP contribution in [0.25, 0.3) is 0 Å². The van der Waals surface area contributed by atoms with Gasteiger partial charge in [0.25, 0.3) is 5.91 Å². The molecule has 0 saturated carbocycles. The van der Waals surface area contributed by atoms with E-state index in [4.69, 9.17) is 4.74 Å². The van der Waals surface area contributed by atoms with E-state index in [0.29, 0.717) is 23.5 Å². The molecule has 1 aromatic rings. The van der Waals surface area contributed by atoms with Crippen LogP contribution >= 0.6 is 0 Å². The Morgan fingerprint density at radius 1 is 1.40 bits per heavy atom. The van der Waals surface area contributed by atoms with Crippen molar-refractivity contribution < 1.29 is 17.9 Å². The fraction of sp³-hybridized carbons (Fsp3) is 0.462. The summed E-state index contributed by atoms with van der Waals surface area (Å²) in [6.45, 7) is 3.59. The van der Waals surface area contributed by atoms with Crippen LogP contribution in [-0.2, 0) is 14.8 Å². The third-order valence-electron chi connectivity index (χ3n) is 2.95. The van der Waals surface area contributed by atoms with Crippen molar-refractivity contribution in [3.05, 3.63) is 18.2 Å². The second kappa shape index (κ2) is 5.70.